The summed E-state index contributed by atoms with van der Waals surface area (Å²) in [4.78, 5) is 0. The summed E-state index contributed by atoms with van der Waals surface area (Å²) >= 11 is 11.0. The maximum absolute atomic E-state index is 4.39. The first-order valence-electron chi connectivity index (χ1n) is 4.77. The van der Waals surface area contributed by atoms with Gasteiger partial charge in [-0.3, -0.25) is 0 Å². The zero-order chi connectivity index (χ0) is 10.2. The minimum atomic E-state index is -1.12. The molecule has 0 aliphatic heterocycles. The largest absolute Gasteiger partial charge is 0.238 e. The van der Waals surface area contributed by atoms with Crippen molar-refractivity contribution in [3.63, 3.8) is 0 Å². The van der Waals surface area contributed by atoms with E-state index in [1.54, 1.807) is 0 Å². The van der Waals surface area contributed by atoms with Crippen LogP contribution in [-0.2, 0) is 0 Å². The molecule has 0 radical (unpaired) electrons. The summed E-state index contributed by atoms with van der Waals surface area (Å²) in [5, 5.41) is 0. The molecule has 0 fully saturated rings. The predicted molar refractivity (Wildman–Crippen MR) is 78.8 cm³/mol. The van der Waals surface area contributed by atoms with Crippen molar-refractivity contribution in [2.75, 3.05) is 23.0 Å². The number of hydrogen-bond donors (Lipinski definition) is 1. The molecule has 0 aromatic carbocycles. The molecular weight excluding hydrogens is 252 g/mol. The van der Waals surface area contributed by atoms with Crippen LogP contribution in [0, 0.1) is 0 Å². The Balaban J connectivity index is 4.19. The molecule has 0 amide bonds. The van der Waals surface area contributed by atoms with Crippen LogP contribution in [0.5, 0.6) is 0 Å². The van der Waals surface area contributed by atoms with Crippen LogP contribution >= 0.6 is 46.3 Å². The highest BCUT2D eigenvalue weighted by molar-refractivity contribution is 8.81. The molecule has 0 heterocycles. The Bertz CT molecular complexity index is 91.2. The molecule has 0 N–H and O–H groups in total. The molecule has 0 unspecified atom stereocenters. The second kappa shape index (κ2) is 8.89. The fraction of sp³-hybridized carbons (Fsp3) is 1.00. The van der Waals surface area contributed by atoms with Gasteiger partial charge in [0, 0.05) is 0 Å². The lowest BCUT2D eigenvalue weighted by Gasteiger charge is -2.27. The van der Waals surface area contributed by atoms with Crippen LogP contribution in [-0.4, -0.2) is 28.5 Å². The molecule has 0 spiro atoms. The Morgan fingerprint density at radius 1 is 0.923 bits per heavy atom. The third-order valence-corrected chi connectivity index (χ3v) is 20.0. The van der Waals surface area contributed by atoms with E-state index in [4.69, 9.17) is 0 Å². The van der Waals surface area contributed by atoms with Crippen LogP contribution in [0.25, 0.3) is 0 Å². The Morgan fingerprint density at radius 2 is 1.31 bits per heavy atom. The quantitative estimate of drug-likeness (QED) is 0.522. The first-order chi connectivity index (χ1) is 6.24. The average molecular weight is 273 g/mol. The van der Waals surface area contributed by atoms with Crippen LogP contribution in [0.3, 0.4) is 0 Å². The average Bonchev–Trinajstić information content (AvgIpc) is 2.06. The van der Waals surface area contributed by atoms with Crippen molar-refractivity contribution in [1.29, 1.82) is 0 Å². The number of hydrogen-bond acceptors (Lipinski definition) is 4. The first-order valence-corrected chi connectivity index (χ1v) is 12.7. The van der Waals surface area contributed by atoms with Crippen molar-refractivity contribution < 1.29 is 0 Å². The molecular formula is C8H20S4Si. The van der Waals surface area contributed by atoms with E-state index in [1.165, 1.54) is 23.3 Å². The molecule has 5 heteroatoms. The van der Waals surface area contributed by atoms with Crippen LogP contribution in [0.4, 0.5) is 0 Å². The van der Waals surface area contributed by atoms with Crippen LogP contribution in [0.15, 0.2) is 0 Å². The summed E-state index contributed by atoms with van der Waals surface area (Å²) < 4.78 is 0. The van der Waals surface area contributed by atoms with Crippen molar-refractivity contribution in [3.05, 3.63) is 0 Å². The van der Waals surface area contributed by atoms with Gasteiger partial charge in [-0.05, 0) is 29.1 Å². The zero-order valence-electron chi connectivity index (χ0n) is 8.71. The molecule has 13 heavy (non-hydrogen) atoms. The SMILES string of the molecule is CCS[Si](CCS)(SCC)SCC. The molecule has 80 valence electrons. The number of rotatable bonds is 8. The minimum absolute atomic E-state index is 1.05. The van der Waals surface area contributed by atoms with E-state index < -0.39 is 5.52 Å². The monoisotopic (exact) mass is 272 g/mol. The third-order valence-electron chi connectivity index (χ3n) is 1.51. The van der Waals surface area contributed by atoms with Crippen molar-refractivity contribution >= 4 is 51.8 Å². The standard InChI is InChI=1S/C8H20S4Si/c1-4-10-13(8-7-9,11-5-2)12-6-3/h9H,4-8H2,1-3H3. The van der Waals surface area contributed by atoms with Crippen molar-refractivity contribution in [2.24, 2.45) is 0 Å². The molecule has 0 saturated carbocycles. The zero-order valence-corrected chi connectivity index (χ0v) is 13.1. The maximum Gasteiger partial charge on any atom is 0.238 e. The summed E-state index contributed by atoms with van der Waals surface area (Å²) in [6.45, 7) is 6.83. The molecule has 0 aromatic rings. The highest BCUT2D eigenvalue weighted by Crippen LogP contribution is 2.44. The van der Waals surface area contributed by atoms with Gasteiger partial charge in [-0.1, -0.05) is 20.8 Å². The van der Waals surface area contributed by atoms with Gasteiger partial charge in [0.05, 0.1) is 0 Å². The Kier molecular flexibility index (Phi) is 9.99. The third kappa shape index (κ3) is 5.92. The van der Waals surface area contributed by atoms with E-state index >= 15 is 0 Å². The minimum Gasteiger partial charge on any atom is -0.180 e. The molecule has 0 aliphatic rings. The van der Waals surface area contributed by atoms with Gasteiger partial charge >= 0.3 is 0 Å². The van der Waals surface area contributed by atoms with Crippen LogP contribution in [0.2, 0.25) is 6.04 Å². The molecule has 0 rings (SSSR count). The Morgan fingerprint density at radius 3 is 1.54 bits per heavy atom. The molecule has 0 atom stereocenters. The van der Waals surface area contributed by atoms with Crippen LogP contribution < -0.4 is 0 Å². The second-order valence-electron chi connectivity index (χ2n) is 2.46. The fourth-order valence-electron chi connectivity index (χ4n) is 1.14. The summed E-state index contributed by atoms with van der Waals surface area (Å²) in [6.07, 6.45) is 0. The maximum atomic E-state index is 4.39. The predicted octanol–water partition coefficient (Wildman–Crippen LogP) is 4.11. The smallest absolute Gasteiger partial charge is 0.180 e. The number of thiol groups is 1. The topological polar surface area (TPSA) is 0 Å². The van der Waals surface area contributed by atoms with Gasteiger partial charge in [0.1, 0.15) is 0 Å². The van der Waals surface area contributed by atoms with E-state index in [-0.39, 0.29) is 0 Å². The summed E-state index contributed by atoms with van der Waals surface area (Å²) in [5.41, 5.74) is -1.12. The molecule has 0 saturated heterocycles. The summed E-state index contributed by atoms with van der Waals surface area (Å²) in [5.74, 6) is 4.85. The highest BCUT2D eigenvalue weighted by Gasteiger charge is 2.32. The molecule has 0 bridgehead atoms. The first kappa shape index (κ1) is 14.6. The molecule has 0 aliphatic carbocycles. The Labute approximate surface area is 101 Å². The van der Waals surface area contributed by atoms with Gasteiger partial charge in [0.25, 0.3) is 0 Å². The van der Waals surface area contributed by atoms with Gasteiger partial charge in [0.2, 0.25) is 5.52 Å². The van der Waals surface area contributed by atoms with Crippen molar-refractivity contribution in [1.82, 2.24) is 0 Å². The van der Waals surface area contributed by atoms with Gasteiger partial charge in [-0.2, -0.15) is 46.3 Å². The highest BCUT2D eigenvalue weighted by atomic mass is 32.8. The lowest BCUT2D eigenvalue weighted by Crippen LogP contribution is -2.24. The van der Waals surface area contributed by atoms with Crippen molar-refractivity contribution in [2.45, 2.75) is 26.8 Å². The second-order valence-corrected chi connectivity index (χ2v) is 18.6. The van der Waals surface area contributed by atoms with Crippen LogP contribution in [0.1, 0.15) is 20.8 Å². The lowest BCUT2D eigenvalue weighted by atomic mass is 11.0. The van der Waals surface area contributed by atoms with Gasteiger partial charge in [-0.25, -0.2) is 0 Å². The van der Waals surface area contributed by atoms with Crippen molar-refractivity contribution in [3.8, 4) is 0 Å². The normalized spacial score (nSPS) is 12.0. The van der Waals surface area contributed by atoms with Gasteiger partial charge in [-0.15, -0.1) is 0 Å². The lowest BCUT2D eigenvalue weighted by molar-refractivity contribution is 1.48. The van der Waals surface area contributed by atoms with E-state index in [0.717, 1.165) is 5.75 Å². The van der Waals surface area contributed by atoms with E-state index in [2.05, 4.69) is 67.0 Å². The van der Waals surface area contributed by atoms with E-state index in [9.17, 15) is 0 Å². The van der Waals surface area contributed by atoms with E-state index in [1.807, 2.05) is 0 Å². The Hall–Kier alpha value is 1.62. The van der Waals surface area contributed by atoms with Gasteiger partial charge in [0.15, 0.2) is 0 Å². The summed E-state index contributed by atoms with van der Waals surface area (Å²) in [7, 11) is 0. The van der Waals surface area contributed by atoms with E-state index in [0.29, 0.717) is 0 Å². The molecule has 0 nitrogen and oxygen atoms in total. The van der Waals surface area contributed by atoms with Gasteiger partial charge < -0.3 is 0 Å². The fourth-order valence-corrected chi connectivity index (χ4v) is 21.3. The summed E-state index contributed by atoms with van der Waals surface area (Å²) in [6, 6.07) is 1.34. The molecule has 0 aromatic heterocycles.